The highest BCUT2D eigenvalue weighted by Crippen LogP contribution is 2.28. The molecule has 1 aromatic heterocycles. The van der Waals surface area contributed by atoms with E-state index in [1.165, 1.54) is 25.7 Å². The predicted octanol–water partition coefficient (Wildman–Crippen LogP) is 2.51. The summed E-state index contributed by atoms with van der Waals surface area (Å²) in [6.45, 7) is 0.580. The summed E-state index contributed by atoms with van der Waals surface area (Å²) in [5, 5.41) is 2.91. The first-order valence-corrected chi connectivity index (χ1v) is 6.76. The average molecular weight is 247 g/mol. The number of nitrogens with zero attached hydrogens (tertiary/aromatic N) is 1. The Kier molecular flexibility index (Phi) is 5.00. The number of nitrogens with one attached hydrogen (secondary N) is 2. The standard InChI is InChI=1S/C14H21N3O/c18-14(8-7-12-4-1-2-5-12)16-9-3-6-13-10-15-11-17-13/h3,6,10-12H,1-2,4-5,7-9H2,(H,15,17)(H,16,18). The fourth-order valence-electron chi connectivity index (χ4n) is 2.44. The highest BCUT2D eigenvalue weighted by molar-refractivity contribution is 5.76. The Labute approximate surface area is 108 Å². The lowest BCUT2D eigenvalue weighted by Crippen LogP contribution is -2.23. The summed E-state index contributed by atoms with van der Waals surface area (Å²) in [4.78, 5) is 18.5. The lowest BCUT2D eigenvalue weighted by Gasteiger charge is -2.07. The van der Waals surface area contributed by atoms with Gasteiger partial charge in [0.2, 0.25) is 5.91 Å². The molecule has 1 heterocycles. The Morgan fingerprint density at radius 1 is 1.50 bits per heavy atom. The van der Waals surface area contributed by atoms with Crippen LogP contribution in [0.2, 0.25) is 0 Å². The molecular formula is C14H21N3O. The average Bonchev–Trinajstić information content (AvgIpc) is 3.04. The Balaban J connectivity index is 1.57. The van der Waals surface area contributed by atoms with Crippen molar-refractivity contribution < 1.29 is 4.79 Å². The number of aromatic nitrogens is 2. The van der Waals surface area contributed by atoms with Gasteiger partial charge in [-0.05, 0) is 18.4 Å². The number of H-pyrrole nitrogens is 1. The number of carbonyl (C=O) groups excluding carboxylic acids is 1. The number of carbonyl (C=O) groups is 1. The predicted molar refractivity (Wildman–Crippen MR) is 71.8 cm³/mol. The van der Waals surface area contributed by atoms with Crippen molar-refractivity contribution in [2.75, 3.05) is 6.54 Å². The Hall–Kier alpha value is -1.58. The first-order valence-electron chi connectivity index (χ1n) is 6.76. The quantitative estimate of drug-likeness (QED) is 0.811. The largest absolute Gasteiger partial charge is 0.353 e. The lowest BCUT2D eigenvalue weighted by atomic mass is 10.0. The Bertz CT molecular complexity index is 378. The first-order chi connectivity index (χ1) is 8.84. The van der Waals surface area contributed by atoms with E-state index in [-0.39, 0.29) is 5.91 Å². The van der Waals surface area contributed by atoms with E-state index in [1.54, 1.807) is 6.33 Å². The van der Waals surface area contributed by atoms with Crippen LogP contribution in [0.25, 0.3) is 6.08 Å². The van der Waals surface area contributed by atoms with E-state index in [2.05, 4.69) is 15.3 Å². The molecule has 1 aromatic rings. The fraction of sp³-hybridized carbons (Fsp3) is 0.571. The third kappa shape index (κ3) is 4.35. The van der Waals surface area contributed by atoms with Crippen LogP contribution in [0, 0.1) is 5.92 Å². The molecule has 0 radical (unpaired) electrons. The fourth-order valence-corrected chi connectivity index (χ4v) is 2.44. The number of hydrogen-bond donors (Lipinski definition) is 2. The molecule has 1 aliphatic carbocycles. The molecule has 2 N–H and O–H groups in total. The Morgan fingerprint density at radius 2 is 2.33 bits per heavy atom. The molecule has 2 rings (SSSR count). The van der Waals surface area contributed by atoms with E-state index in [0.29, 0.717) is 13.0 Å². The van der Waals surface area contributed by atoms with Gasteiger partial charge in [0.15, 0.2) is 0 Å². The van der Waals surface area contributed by atoms with Crippen LogP contribution in [0.3, 0.4) is 0 Å². The van der Waals surface area contributed by atoms with Crippen LogP contribution >= 0.6 is 0 Å². The normalized spacial score (nSPS) is 16.4. The SMILES string of the molecule is O=C(CCC1CCCC1)NCC=Cc1c[nH]cn1. The minimum absolute atomic E-state index is 0.161. The van der Waals surface area contributed by atoms with Gasteiger partial charge < -0.3 is 10.3 Å². The molecule has 0 unspecified atom stereocenters. The molecule has 18 heavy (non-hydrogen) atoms. The van der Waals surface area contributed by atoms with Crippen molar-refractivity contribution in [3.8, 4) is 0 Å². The zero-order valence-electron chi connectivity index (χ0n) is 10.7. The Morgan fingerprint density at radius 3 is 3.06 bits per heavy atom. The molecule has 0 saturated heterocycles. The van der Waals surface area contributed by atoms with Crippen molar-refractivity contribution in [1.82, 2.24) is 15.3 Å². The van der Waals surface area contributed by atoms with Crippen LogP contribution in [-0.2, 0) is 4.79 Å². The number of amides is 1. The summed E-state index contributed by atoms with van der Waals surface area (Å²) in [6.07, 6.45) is 14.3. The van der Waals surface area contributed by atoms with E-state index >= 15 is 0 Å². The molecule has 4 nitrogen and oxygen atoms in total. The molecule has 1 saturated carbocycles. The van der Waals surface area contributed by atoms with Gasteiger partial charge in [0.1, 0.15) is 0 Å². The molecule has 0 aliphatic heterocycles. The smallest absolute Gasteiger partial charge is 0.220 e. The molecule has 0 atom stereocenters. The second kappa shape index (κ2) is 6.99. The summed E-state index contributed by atoms with van der Waals surface area (Å²) in [5.41, 5.74) is 0.884. The molecular weight excluding hydrogens is 226 g/mol. The van der Waals surface area contributed by atoms with E-state index in [9.17, 15) is 4.79 Å². The van der Waals surface area contributed by atoms with Crippen molar-refractivity contribution in [2.45, 2.75) is 38.5 Å². The molecule has 1 aliphatic rings. The van der Waals surface area contributed by atoms with Crippen LogP contribution in [0.4, 0.5) is 0 Å². The summed E-state index contributed by atoms with van der Waals surface area (Å²) >= 11 is 0. The van der Waals surface area contributed by atoms with Crippen LogP contribution in [0.15, 0.2) is 18.6 Å². The van der Waals surface area contributed by atoms with Gasteiger partial charge in [0.05, 0.1) is 12.0 Å². The zero-order chi connectivity index (χ0) is 12.6. The van der Waals surface area contributed by atoms with Gasteiger partial charge in [0, 0.05) is 19.2 Å². The number of hydrogen-bond acceptors (Lipinski definition) is 2. The van der Waals surface area contributed by atoms with Crippen molar-refractivity contribution in [3.63, 3.8) is 0 Å². The maximum Gasteiger partial charge on any atom is 0.220 e. The van der Waals surface area contributed by atoms with Gasteiger partial charge in [-0.15, -0.1) is 0 Å². The van der Waals surface area contributed by atoms with Gasteiger partial charge in [-0.3, -0.25) is 4.79 Å². The second-order valence-electron chi connectivity index (χ2n) is 4.89. The molecule has 1 fully saturated rings. The maximum absolute atomic E-state index is 11.6. The van der Waals surface area contributed by atoms with Gasteiger partial charge in [0.25, 0.3) is 0 Å². The van der Waals surface area contributed by atoms with Crippen molar-refractivity contribution in [1.29, 1.82) is 0 Å². The second-order valence-corrected chi connectivity index (χ2v) is 4.89. The first kappa shape index (κ1) is 12.9. The lowest BCUT2D eigenvalue weighted by molar-refractivity contribution is -0.121. The molecule has 0 aromatic carbocycles. The van der Waals surface area contributed by atoms with E-state index in [0.717, 1.165) is 18.0 Å². The maximum atomic E-state index is 11.6. The van der Waals surface area contributed by atoms with Crippen LogP contribution < -0.4 is 5.32 Å². The third-order valence-electron chi connectivity index (χ3n) is 3.48. The topological polar surface area (TPSA) is 57.8 Å². The van der Waals surface area contributed by atoms with E-state index in [1.807, 2.05) is 18.3 Å². The minimum atomic E-state index is 0.161. The number of aromatic amines is 1. The van der Waals surface area contributed by atoms with Crippen molar-refractivity contribution >= 4 is 12.0 Å². The summed E-state index contributed by atoms with van der Waals surface area (Å²) in [6, 6.07) is 0. The highest BCUT2D eigenvalue weighted by Gasteiger charge is 2.15. The summed E-state index contributed by atoms with van der Waals surface area (Å²) in [5.74, 6) is 0.948. The van der Waals surface area contributed by atoms with Gasteiger partial charge >= 0.3 is 0 Å². The van der Waals surface area contributed by atoms with Crippen LogP contribution in [-0.4, -0.2) is 22.4 Å². The highest BCUT2D eigenvalue weighted by atomic mass is 16.1. The summed E-state index contributed by atoms with van der Waals surface area (Å²) in [7, 11) is 0. The minimum Gasteiger partial charge on any atom is -0.353 e. The molecule has 0 bridgehead atoms. The van der Waals surface area contributed by atoms with Gasteiger partial charge in [-0.25, -0.2) is 4.98 Å². The number of rotatable bonds is 6. The zero-order valence-corrected chi connectivity index (χ0v) is 10.7. The molecule has 4 heteroatoms. The number of imidazole rings is 1. The third-order valence-corrected chi connectivity index (χ3v) is 3.48. The van der Waals surface area contributed by atoms with Crippen molar-refractivity contribution in [3.05, 3.63) is 24.3 Å². The molecule has 98 valence electrons. The van der Waals surface area contributed by atoms with E-state index < -0.39 is 0 Å². The molecule has 1 amide bonds. The van der Waals surface area contributed by atoms with Crippen LogP contribution in [0.5, 0.6) is 0 Å². The molecule has 0 spiro atoms. The van der Waals surface area contributed by atoms with Crippen molar-refractivity contribution in [2.24, 2.45) is 5.92 Å². The van der Waals surface area contributed by atoms with Crippen LogP contribution in [0.1, 0.15) is 44.2 Å². The monoisotopic (exact) mass is 247 g/mol. The summed E-state index contributed by atoms with van der Waals surface area (Å²) < 4.78 is 0. The van der Waals surface area contributed by atoms with Gasteiger partial charge in [-0.2, -0.15) is 0 Å². The van der Waals surface area contributed by atoms with Gasteiger partial charge in [-0.1, -0.05) is 31.8 Å². The van der Waals surface area contributed by atoms with E-state index in [4.69, 9.17) is 0 Å².